The second-order valence-electron chi connectivity index (χ2n) is 7.27. The predicted molar refractivity (Wildman–Crippen MR) is 111 cm³/mol. The molecule has 2 heterocycles. The molecule has 160 valence electrons. The van der Waals surface area contributed by atoms with Gasteiger partial charge < -0.3 is 0 Å². The standard InChI is InChI=1S/C16H26AsN6O5P/c1-10(2)22-28-29(26,17-16(4,5)15(24)25)9-27-11(3)6-23-8-21-12-13(18)19-7-20-14(12)23/h7-8,11,17H,6,9H2,1-5H3,(H,24,25)(H2,18,19,20)/t11-,29+/m1/s1. The fraction of sp³-hybridized carbons (Fsp3) is 0.562. The van der Waals surface area contributed by atoms with E-state index in [1.54, 1.807) is 45.5 Å². The number of hydrogen-bond acceptors (Lipinski definition) is 9. The van der Waals surface area contributed by atoms with Crippen molar-refractivity contribution in [3.8, 4) is 0 Å². The fourth-order valence-corrected chi connectivity index (χ4v) is 11.5. The number of oxime groups is 1. The Morgan fingerprint density at radius 3 is 2.72 bits per heavy atom. The van der Waals surface area contributed by atoms with Gasteiger partial charge in [0.15, 0.2) is 0 Å². The molecule has 0 spiro atoms. The maximum atomic E-state index is 13.3. The monoisotopic (exact) mass is 488 g/mol. The molecule has 3 N–H and O–H groups in total. The van der Waals surface area contributed by atoms with E-state index in [0.29, 0.717) is 23.4 Å². The van der Waals surface area contributed by atoms with E-state index in [4.69, 9.17) is 15.1 Å². The number of nitrogens with zero attached hydrogens (tertiary/aromatic N) is 5. The molecule has 2 aromatic heterocycles. The number of fused-ring (bicyclic) bond motifs is 1. The molecule has 3 atom stereocenters. The summed E-state index contributed by atoms with van der Waals surface area (Å²) in [5.74, 6) is -4.12. The van der Waals surface area contributed by atoms with Crippen LogP contribution < -0.4 is 5.73 Å². The van der Waals surface area contributed by atoms with Gasteiger partial charge >= 0.3 is 175 Å². The molecule has 0 saturated carbocycles. The van der Waals surface area contributed by atoms with E-state index in [9.17, 15) is 14.5 Å². The molecule has 13 heteroatoms. The third kappa shape index (κ3) is 6.26. The molecule has 11 nitrogen and oxygen atoms in total. The van der Waals surface area contributed by atoms with Crippen LogP contribution in [0.15, 0.2) is 17.8 Å². The summed E-state index contributed by atoms with van der Waals surface area (Å²) in [6.07, 6.45) is 2.35. The number of hydrogen-bond donors (Lipinski definition) is 2. The van der Waals surface area contributed by atoms with Crippen LogP contribution in [0.1, 0.15) is 34.6 Å². The summed E-state index contributed by atoms with van der Waals surface area (Å²) in [6, 6.07) is 0. The van der Waals surface area contributed by atoms with Gasteiger partial charge in [-0.3, -0.25) is 0 Å². The molecular weight excluding hydrogens is 462 g/mol. The van der Waals surface area contributed by atoms with Gasteiger partial charge in [-0.15, -0.1) is 0 Å². The molecule has 0 saturated heterocycles. The van der Waals surface area contributed by atoms with Gasteiger partial charge in [0.05, 0.1) is 0 Å². The van der Waals surface area contributed by atoms with Gasteiger partial charge in [0.2, 0.25) is 0 Å². The van der Waals surface area contributed by atoms with Crippen LogP contribution in [0.5, 0.6) is 0 Å². The molecule has 2 aromatic rings. The Kier molecular flexibility index (Phi) is 7.43. The van der Waals surface area contributed by atoms with Gasteiger partial charge in [-0.2, -0.15) is 0 Å². The number of aromatic nitrogens is 4. The first-order valence-corrected chi connectivity index (χ1v) is 14.5. The predicted octanol–water partition coefficient (Wildman–Crippen LogP) is 2.10. The van der Waals surface area contributed by atoms with E-state index in [1.807, 2.05) is 0 Å². The molecule has 0 aliphatic rings. The van der Waals surface area contributed by atoms with E-state index < -0.39 is 31.4 Å². The summed E-state index contributed by atoms with van der Waals surface area (Å²) in [6.45, 7) is 8.67. The van der Waals surface area contributed by atoms with Gasteiger partial charge in [0, 0.05) is 0 Å². The summed E-state index contributed by atoms with van der Waals surface area (Å²) >= 11 is -1.58. The summed E-state index contributed by atoms with van der Waals surface area (Å²) < 4.78 is 25.0. The number of aliphatic carboxylic acids is 1. The number of ether oxygens (including phenoxy) is 1. The van der Waals surface area contributed by atoms with E-state index in [1.165, 1.54) is 6.33 Å². The number of carboxylic acids is 1. The van der Waals surface area contributed by atoms with E-state index in [2.05, 4.69) is 20.1 Å². The Morgan fingerprint density at radius 2 is 2.10 bits per heavy atom. The number of carbonyl (C=O) groups is 1. The quantitative estimate of drug-likeness (QED) is 0.221. The van der Waals surface area contributed by atoms with Crippen molar-refractivity contribution >= 4 is 49.9 Å². The van der Waals surface area contributed by atoms with Crippen LogP contribution in [0.2, 0.25) is 4.20 Å². The number of carboxylic acid groups (broad SMARTS) is 1. The SMILES string of the molecule is CC(C)=NO[P@@](=O)(CO[C@H](C)Cn1cnc2c(N)ncnc21)[AsH]C(C)(C)C(=O)O. The van der Waals surface area contributed by atoms with Crippen molar-refractivity contribution in [1.29, 1.82) is 0 Å². The Labute approximate surface area is 174 Å². The fourth-order valence-electron chi connectivity index (χ4n) is 2.28. The number of nitrogens with two attached hydrogens (primary N) is 1. The minimum atomic E-state index is -3.38. The zero-order valence-electron chi connectivity index (χ0n) is 17.0. The van der Waals surface area contributed by atoms with Gasteiger partial charge in [0.25, 0.3) is 0 Å². The summed E-state index contributed by atoms with van der Waals surface area (Å²) in [5, 5.41) is 13.2. The number of anilines is 1. The topological polar surface area (TPSA) is 155 Å². The minimum absolute atomic E-state index is 0.217. The van der Waals surface area contributed by atoms with E-state index in [0.717, 1.165) is 0 Å². The third-order valence-electron chi connectivity index (χ3n) is 3.75. The maximum absolute atomic E-state index is 13.3. The molecule has 0 amide bonds. The van der Waals surface area contributed by atoms with Crippen LogP contribution in [0.4, 0.5) is 5.82 Å². The van der Waals surface area contributed by atoms with Crippen LogP contribution in [0, 0.1) is 0 Å². The van der Waals surface area contributed by atoms with Crippen LogP contribution in [-0.4, -0.2) is 64.1 Å². The third-order valence-corrected chi connectivity index (χ3v) is 12.9. The van der Waals surface area contributed by atoms with Gasteiger partial charge in [-0.05, 0) is 0 Å². The normalized spacial score (nSPS) is 15.3. The zero-order chi connectivity index (χ0) is 21.8. The average molecular weight is 488 g/mol. The van der Waals surface area contributed by atoms with Crippen molar-refractivity contribution in [3.63, 3.8) is 0 Å². The molecule has 29 heavy (non-hydrogen) atoms. The van der Waals surface area contributed by atoms with Crippen LogP contribution in [-0.2, 0) is 25.3 Å². The second kappa shape index (κ2) is 9.24. The van der Waals surface area contributed by atoms with Crippen molar-refractivity contribution in [1.82, 2.24) is 19.5 Å². The summed E-state index contributed by atoms with van der Waals surface area (Å²) in [7, 11) is 0. The Balaban J connectivity index is 2.10. The van der Waals surface area contributed by atoms with Crippen molar-refractivity contribution < 1.29 is 23.8 Å². The van der Waals surface area contributed by atoms with Crippen LogP contribution in [0.3, 0.4) is 0 Å². The number of nitrogen functional groups attached to an aromatic ring is 1. The van der Waals surface area contributed by atoms with E-state index >= 15 is 0 Å². The second-order valence-corrected chi connectivity index (χ2v) is 17.6. The Bertz CT molecular complexity index is 958. The van der Waals surface area contributed by atoms with Crippen molar-refractivity contribution in [2.24, 2.45) is 5.16 Å². The molecule has 0 radical (unpaired) electrons. The first-order chi connectivity index (χ1) is 13.4. The summed E-state index contributed by atoms with van der Waals surface area (Å²) in [5.41, 5.74) is 7.44. The average Bonchev–Trinajstić information content (AvgIpc) is 3.02. The molecule has 0 aliphatic heterocycles. The molecule has 2 rings (SSSR count). The molecule has 0 fully saturated rings. The molecule has 0 aromatic carbocycles. The first kappa shape index (κ1) is 23.3. The van der Waals surface area contributed by atoms with Crippen molar-refractivity contribution in [2.45, 2.75) is 51.5 Å². The molecule has 0 aliphatic carbocycles. The van der Waals surface area contributed by atoms with Gasteiger partial charge in [-0.25, -0.2) is 0 Å². The van der Waals surface area contributed by atoms with Crippen molar-refractivity contribution in [2.75, 3.05) is 12.1 Å². The van der Waals surface area contributed by atoms with Crippen LogP contribution in [0.25, 0.3) is 11.2 Å². The zero-order valence-corrected chi connectivity index (χ0v) is 20.0. The van der Waals surface area contributed by atoms with Gasteiger partial charge in [0.1, 0.15) is 0 Å². The number of imidazole rings is 1. The molecular formula is C16H26AsN6O5P. The first-order valence-electron chi connectivity index (χ1n) is 8.78. The summed E-state index contributed by atoms with van der Waals surface area (Å²) in [4.78, 5) is 23.8. The molecule has 1 unspecified atom stereocenters. The van der Waals surface area contributed by atoms with Gasteiger partial charge in [-0.1, -0.05) is 0 Å². The van der Waals surface area contributed by atoms with Crippen molar-refractivity contribution in [3.05, 3.63) is 12.7 Å². The van der Waals surface area contributed by atoms with E-state index in [-0.39, 0.29) is 18.3 Å². The van der Waals surface area contributed by atoms with Crippen LogP contribution >= 0.6 is 5.93 Å². The Morgan fingerprint density at radius 1 is 1.41 bits per heavy atom. The number of rotatable bonds is 10. The Hall–Kier alpha value is -1.96. The molecule has 0 bridgehead atoms.